The number of amides is 1. The molecule has 0 saturated heterocycles. The largest absolute Gasteiger partial charge is 0.503 e. The molecule has 0 bridgehead atoms. The first-order valence-corrected chi connectivity index (χ1v) is 11.3. The molecule has 1 aliphatic carbocycles. The lowest BCUT2D eigenvalue weighted by Crippen LogP contribution is -2.38. The van der Waals surface area contributed by atoms with E-state index in [9.17, 15) is 14.7 Å². The quantitative estimate of drug-likeness (QED) is 0.546. The minimum Gasteiger partial charge on any atom is -0.503 e. The van der Waals surface area contributed by atoms with Gasteiger partial charge in [0.05, 0.1) is 12.7 Å². The Morgan fingerprint density at radius 2 is 2.03 bits per heavy atom. The van der Waals surface area contributed by atoms with Crippen LogP contribution in [-0.4, -0.2) is 34.8 Å². The number of rotatable bonds is 5. The molecule has 31 heavy (non-hydrogen) atoms. The zero-order chi connectivity index (χ0) is 21.7. The lowest BCUT2D eigenvalue weighted by Gasteiger charge is -2.31. The predicted octanol–water partition coefficient (Wildman–Crippen LogP) is 5.33. The molecule has 5 rings (SSSR count). The summed E-state index contributed by atoms with van der Waals surface area (Å²) < 4.78 is 11.2. The zero-order valence-electron chi connectivity index (χ0n) is 17.4. The lowest BCUT2D eigenvalue weighted by molar-refractivity contribution is -0.131. The molecule has 2 aromatic heterocycles. The van der Waals surface area contributed by atoms with Crippen molar-refractivity contribution in [2.45, 2.75) is 44.7 Å². The van der Waals surface area contributed by atoms with Crippen molar-refractivity contribution < 1.29 is 23.8 Å². The van der Waals surface area contributed by atoms with E-state index < -0.39 is 23.5 Å². The van der Waals surface area contributed by atoms with Crippen LogP contribution < -0.4 is 4.74 Å². The fourth-order valence-electron chi connectivity index (χ4n) is 4.78. The minimum absolute atomic E-state index is 0.0159. The molecule has 1 atom stereocenters. The molecule has 1 saturated carbocycles. The van der Waals surface area contributed by atoms with Crippen molar-refractivity contribution in [1.82, 2.24) is 4.90 Å². The van der Waals surface area contributed by atoms with Gasteiger partial charge in [-0.2, -0.15) is 0 Å². The SMILES string of the molecule is COc1cccc2cc(C(=O)C3=C(O)C(=O)N(C4CCCC4)C3c3sccc3C)oc12. The number of furan rings is 1. The summed E-state index contributed by atoms with van der Waals surface area (Å²) >= 11 is 1.50. The summed E-state index contributed by atoms with van der Waals surface area (Å²) in [7, 11) is 1.54. The van der Waals surface area contributed by atoms with Crippen LogP contribution in [0.3, 0.4) is 0 Å². The van der Waals surface area contributed by atoms with E-state index >= 15 is 0 Å². The van der Waals surface area contributed by atoms with Gasteiger partial charge in [-0.3, -0.25) is 9.59 Å². The standard InChI is InChI=1S/C24H23NO5S/c1-13-10-11-31-23(13)19-18(21(27)24(28)25(19)15-7-3-4-8-15)20(26)17-12-14-6-5-9-16(29-2)22(14)30-17/h5-6,9-12,15,19,27H,3-4,7-8H2,1-2H3. The summed E-state index contributed by atoms with van der Waals surface area (Å²) in [5.74, 6) is -0.803. The number of para-hydroxylation sites is 1. The van der Waals surface area contributed by atoms with Gasteiger partial charge in [0.15, 0.2) is 22.9 Å². The van der Waals surface area contributed by atoms with Crippen LogP contribution in [0.5, 0.6) is 5.75 Å². The smallest absolute Gasteiger partial charge is 0.290 e. The van der Waals surface area contributed by atoms with E-state index in [1.807, 2.05) is 30.5 Å². The number of fused-ring (bicyclic) bond motifs is 1. The fourth-order valence-corrected chi connectivity index (χ4v) is 5.81. The van der Waals surface area contributed by atoms with E-state index in [0.717, 1.165) is 41.5 Å². The van der Waals surface area contributed by atoms with E-state index in [1.54, 1.807) is 17.0 Å². The van der Waals surface area contributed by atoms with Crippen LogP contribution in [0.4, 0.5) is 0 Å². The Balaban J connectivity index is 1.63. The molecule has 3 heterocycles. The molecule has 7 heteroatoms. The van der Waals surface area contributed by atoms with Gasteiger partial charge in [-0.15, -0.1) is 11.3 Å². The Morgan fingerprint density at radius 3 is 2.71 bits per heavy atom. The normalized spacial score (nSPS) is 19.7. The van der Waals surface area contributed by atoms with Crippen LogP contribution in [0.1, 0.15) is 52.7 Å². The van der Waals surface area contributed by atoms with Crippen molar-refractivity contribution in [2.24, 2.45) is 0 Å². The monoisotopic (exact) mass is 437 g/mol. The highest BCUT2D eigenvalue weighted by Gasteiger charge is 2.48. The summed E-state index contributed by atoms with van der Waals surface area (Å²) in [4.78, 5) is 29.4. The molecular formula is C24H23NO5S. The Morgan fingerprint density at radius 1 is 1.26 bits per heavy atom. The Labute approximate surface area is 183 Å². The molecule has 1 N–H and O–H groups in total. The predicted molar refractivity (Wildman–Crippen MR) is 118 cm³/mol. The van der Waals surface area contributed by atoms with E-state index in [1.165, 1.54) is 18.4 Å². The minimum atomic E-state index is -0.599. The fraction of sp³-hybridized carbons (Fsp3) is 0.333. The molecule has 3 aromatic rings. The van der Waals surface area contributed by atoms with Crippen LogP contribution in [0.2, 0.25) is 0 Å². The molecule has 0 radical (unpaired) electrons. The Hall–Kier alpha value is -3.06. The summed E-state index contributed by atoms with van der Waals surface area (Å²) in [5.41, 5.74) is 1.56. The number of aliphatic hydroxyl groups is 1. The first-order chi connectivity index (χ1) is 15.0. The number of methoxy groups -OCH3 is 1. The maximum atomic E-state index is 13.6. The van der Waals surface area contributed by atoms with Gasteiger partial charge in [-0.05, 0) is 48.9 Å². The summed E-state index contributed by atoms with van der Waals surface area (Å²) in [6, 6.07) is 8.44. The average Bonchev–Trinajstić information content (AvgIpc) is 3.54. The molecule has 1 aromatic carbocycles. The number of hydrogen-bond donors (Lipinski definition) is 1. The lowest BCUT2D eigenvalue weighted by atomic mass is 9.97. The summed E-state index contributed by atoms with van der Waals surface area (Å²) in [6.45, 7) is 1.96. The molecule has 2 aliphatic rings. The van der Waals surface area contributed by atoms with Crippen LogP contribution >= 0.6 is 11.3 Å². The van der Waals surface area contributed by atoms with Gasteiger partial charge < -0.3 is 19.2 Å². The number of ketones is 1. The molecule has 1 aliphatic heterocycles. The van der Waals surface area contributed by atoms with Crippen LogP contribution in [-0.2, 0) is 4.79 Å². The maximum absolute atomic E-state index is 13.6. The zero-order valence-corrected chi connectivity index (χ0v) is 18.2. The molecule has 1 unspecified atom stereocenters. The van der Waals surface area contributed by atoms with Crippen molar-refractivity contribution in [3.05, 3.63) is 63.2 Å². The third-order valence-electron chi connectivity index (χ3n) is 6.31. The second-order valence-electron chi connectivity index (χ2n) is 8.10. The molecule has 0 spiro atoms. The van der Waals surface area contributed by atoms with E-state index in [4.69, 9.17) is 9.15 Å². The van der Waals surface area contributed by atoms with Gasteiger partial charge in [0, 0.05) is 16.3 Å². The van der Waals surface area contributed by atoms with Crippen molar-refractivity contribution in [3.63, 3.8) is 0 Å². The highest BCUT2D eigenvalue weighted by Crippen LogP contribution is 2.46. The van der Waals surface area contributed by atoms with Crippen LogP contribution in [0, 0.1) is 6.92 Å². The van der Waals surface area contributed by atoms with Gasteiger partial charge in [-0.1, -0.05) is 25.0 Å². The Kier molecular flexibility index (Phi) is 4.85. The number of aryl methyl sites for hydroxylation is 1. The second kappa shape index (κ2) is 7.57. The first kappa shape index (κ1) is 19.9. The van der Waals surface area contributed by atoms with E-state index in [2.05, 4.69) is 0 Å². The Bertz CT molecular complexity index is 1210. The topological polar surface area (TPSA) is 80.0 Å². The molecule has 6 nitrogen and oxygen atoms in total. The number of aliphatic hydroxyl groups excluding tert-OH is 1. The van der Waals surface area contributed by atoms with Gasteiger partial charge in [-0.25, -0.2) is 0 Å². The van der Waals surface area contributed by atoms with Crippen molar-refractivity contribution >= 4 is 34.0 Å². The number of ether oxygens (including phenoxy) is 1. The van der Waals surface area contributed by atoms with Crippen LogP contribution in [0.25, 0.3) is 11.0 Å². The highest BCUT2D eigenvalue weighted by molar-refractivity contribution is 7.10. The average molecular weight is 438 g/mol. The van der Waals surface area contributed by atoms with Crippen molar-refractivity contribution in [3.8, 4) is 5.75 Å². The maximum Gasteiger partial charge on any atom is 0.290 e. The third kappa shape index (κ3) is 3.07. The number of thiophene rings is 1. The van der Waals surface area contributed by atoms with Crippen molar-refractivity contribution in [1.29, 1.82) is 0 Å². The van der Waals surface area contributed by atoms with Crippen molar-refractivity contribution in [2.75, 3.05) is 7.11 Å². The number of benzene rings is 1. The van der Waals surface area contributed by atoms with E-state index in [0.29, 0.717) is 11.3 Å². The second-order valence-corrected chi connectivity index (χ2v) is 9.05. The molecule has 1 fully saturated rings. The van der Waals surface area contributed by atoms with E-state index in [-0.39, 0.29) is 17.4 Å². The number of nitrogens with zero attached hydrogens (tertiary/aromatic N) is 1. The molecule has 160 valence electrons. The summed E-state index contributed by atoms with van der Waals surface area (Å²) in [6.07, 6.45) is 3.84. The van der Waals surface area contributed by atoms with Crippen LogP contribution in [0.15, 0.2) is 51.5 Å². The van der Waals surface area contributed by atoms with Gasteiger partial charge in [0.1, 0.15) is 6.04 Å². The van der Waals surface area contributed by atoms with Gasteiger partial charge >= 0.3 is 0 Å². The molecule has 1 amide bonds. The number of Topliss-reactive ketones (excluding diaryl/α,β-unsaturated/α-hetero) is 1. The molecular weight excluding hydrogens is 414 g/mol. The first-order valence-electron chi connectivity index (χ1n) is 10.4. The number of carbonyl (C=O) groups excluding carboxylic acids is 2. The van der Waals surface area contributed by atoms with Gasteiger partial charge in [0.2, 0.25) is 5.78 Å². The third-order valence-corrected chi connectivity index (χ3v) is 7.38. The highest BCUT2D eigenvalue weighted by atomic mass is 32.1. The number of hydrogen-bond acceptors (Lipinski definition) is 6. The van der Waals surface area contributed by atoms with Gasteiger partial charge in [0.25, 0.3) is 5.91 Å². The summed E-state index contributed by atoms with van der Waals surface area (Å²) in [5, 5.41) is 13.5. The number of carbonyl (C=O) groups is 2.